The number of rotatable bonds is 10. The number of aryl methyl sites for hydroxylation is 1. The van der Waals surface area contributed by atoms with E-state index in [-0.39, 0.29) is 22.7 Å². The fourth-order valence-electron chi connectivity index (χ4n) is 3.69. The summed E-state index contributed by atoms with van der Waals surface area (Å²) in [6.45, 7) is 10.0. The van der Waals surface area contributed by atoms with E-state index >= 15 is 0 Å². The summed E-state index contributed by atoms with van der Waals surface area (Å²) >= 11 is 1.39. The molecule has 1 aliphatic rings. The highest BCUT2D eigenvalue weighted by Gasteiger charge is 2.22. The van der Waals surface area contributed by atoms with Crippen LogP contribution in [-0.2, 0) is 26.1 Å². The number of hydrogen-bond donors (Lipinski definition) is 1. The summed E-state index contributed by atoms with van der Waals surface area (Å²) in [6.07, 6.45) is 2.32. The molecule has 0 bridgehead atoms. The molecule has 0 saturated carbocycles. The Balaban J connectivity index is 1.60. The largest absolute Gasteiger partial charge is 0.376 e. The number of hydrogen-bond acceptors (Lipinski definition) is 6. The number of nitrogens with one attached hydrogen (secondary N) is 1. The number of anilines is 1. The average Bonchev–Trinajstić information content (AvgIpc) is 3.37. The second kappa shape index (κ2) is 10.8. The second-order valence-corrected chi connectivity index (χ2v) is 10.6. The number of aromatic nitrogens is 2. The zero-order chi connectivity index (χ0) is 23.3. The lowest BCUT2D eigenvalue weighted by molar-refractivity contribution is -0.113. The number of ether oxygens (including phenoxy) is 1. The number of sulfonamides is 1. The lowest BCUT2D eigenvalue weighted by atomic mass is 10.2. The Bertz CT molecular complexity index is 1020. The van der Waals surface area contributed by atoms with Gasteiger partial charge in [0.1, 0.15) is 0 Å². The molecule has 3 rings (SSSR count). The Labute approximate surface area is 194 Å². The summed E-state index contributed by atoms with van der Waals surface area (Å²) in [5.74, 6) is 0.0392. The minimum Gasteiger partial charge on any atom is -0.376 e. The molecule has 8 nitrogen and oxygen atoms in total. The van der Waals surface area contributed by atoms with Crippen molar-refractivity contribution in [1.82, 2.24) is 13.9 Å². The Morgan fingerprint density at radius 3 is 2.53 bits per heavy atom. The predicted molar refractivity (Wildman–Crippen MR) is 127 cm³/mol. The molecule has 1 saturated heterocycles. The zero-order valence-corrected chi connectivity index (χ0v) is 20.8. The van der Waals surface area contributed by atoms with Crippen LogP contribution < -0.4 is 5.32 Å². The molecule has 0 spiro atoms. The zero-order valence-electron chi connectivity index (χ0n) is 19.1. The highest BCUT2D eigenvalue weighted by Crippen LogP contribution is 2.25. The van der Waals surface area contributed by atoms with Gasteiger partial charge in [0.15, 0.2) is 5.16 Å². The fourth-order valence-corrected chi connectivity index (χ4v) is 6.05. The van der Waals surface area contributed by atoms with E-state index in [1.807, 2.05) is 27.7 Å². The van der Waals surface area contributed by atoms with Gasteiger partial charge in [-0.15, -0.1) is 0 Å². The standard InChI is InChI=1S/C22H32N4O4S2/c1-5-25(6-2)32(28,29)20-11-9-18(10-12-20)24-21(27)15-31-22-23-16(3)17(4)26(22)14-19-8-7-13-30-19/h9-12,19H,5-8,13-15H2,1-4H3,(H,24,27)/t19-/m0/s1. The van der Waals surface area contributed by atoms with E-state index in [0.717, 1.165) is 42.5 Å². The van der Waals surface area contributed by atoms with Crippen molar-refractivity contribution in [1.29, 1.82) is 0 Å². The monoisotopic (exact) mass is 480 g/mol. The molecule has 1 aromatic carbocycles. The lowest BCUT2D eigenvalue weighted by Crippen LogP contribution is -2.30. The van der Waals surface area contributed by atoms with E-state index in [4.69, 9.17) is 4.74 Å². The van der Waals surface area contributed by atoms with Crippen LogP contribution in [0.25, 0.3) is 0 Å². The van der Waals surface area contributed by atoms with E-state index in [9.17, 15) is 13.2 Å². The lowest BCUT2D eigenvalue weighted by Gasteiger charge is -2.18. The minimum atomic E-state index is -3.51. The molecule has 32 heavy (non-hydrogen) atoms. The van der Waals surface area contributed by atoms with Crippen LogP contribution in [0.4, 0.5) is 5.69 Å². The summed E-state index contributed by atoms with van der Waals surface area (Å²) in [5, 5.41) is 3.64. The van der Waals surface area contributed by atoms with E-state index in [0.29, 0.717) is 18.8 Å². The van der Waals surface area contributed by atoms with Crippen LogP contribution in [-0.4, -0.2) is 59.7 Å². The highest BCUT2D eigenvalue weighted by atomic mass is 32.2. The first kappa shape index (κ1) is 24.8. The first-order valence-corrected chi connectivity index (χ1v) is 13.4. The van der Waals surface area contributed by atoms with E-state index in [1.165, 1.54) is 28.2 Å². The van der Waals surface area contributed by atoms with Gasteiger partial charge in [-0.1, -0.05) is 25.6 Å². The Morgan fingerprint density at radius 2 is 1.94 bits per heavy atom. The van der Waals surface area contributed by atoms with Crippen LogP contribution in [0.1, 0.15) is 38.1 Å². The van der Waals surface area contributed by atoms with Crippen molar-refractivity contribution in [2.24, 2.45) is 0 Å². The molecule has 1 aliphatic heterocycles. The maximum atomic E-state index is 12.6. The molecule has 176 valence electrons. The van der Waals surface area contributed by atoms with Crippen LogP contribution in [0, 0.1) is 13.8 Å². The van der Waals surface area contributed by atoms with Crippen LogP contribution in [0.5, 0.6) is 0 Å². The van der Waals surface area contributed by atoms with Crippen LogP contribution in [0.15, 0.2) is 34.3 Å². The number of benzene rings is 1. The molecule has 1 amide bonds. The molecule has 2 aromatic rings. The van der Waals surface area contributed by atoms with Crippen molar-refractivity contribution in [2.45, 2.75) is 63.2 Å². The van der Waals surface area contributed by atoms with Crippen molar-refractivity contribution in [3.63, 3.8) is 0 Å². The molecule has 0 aliphatic carbocycles. The van der Waals surface area contributed by atoms with Gasteiger partial charge < -0.3 is 14.6 Å². The molecule has 1 atom stereocenters. The van der Waals surface area contributed by atoms with Crippen molar-refractivity contribution < 1.29 is 17.9 Å². The molecule has 1 fully saturated rings. The van der Waals surface area contributed by atoms with Gasteiger partial charge >= 0.3 is 0 Å². The minimum absolute atomic E-state index is 0.170. The van der Waals surface area contributed by atoms with Gasteiger partial charge in [0.25, 0.3) is 0 Å². The van der Waals surface area contributed by atoms with Gasteiger partial charge in [0.05, 0.1) is 29.0 Å². The number of thioether (sulfide) groups is 1. The van der Waals surface area contributed by atoms with Gasteiger partial charge in [-0.05, 0) is 51.0 Å². The number of carbonyl (C=O) groups excluding carboxylic acids is 1. The highest BCUT2D eigenvalue weighted by molar-refractivity contribution is 7.99. The van der Waals surface area contributed by atoms with Gasteiger partial charge in [0.2, 0.25) is 15.9 Å². The molecular weight excluding hydrogens is 448 g/mol. The fraction of sp³-hybridized carbons (Fsp3) is 0.545. The van der Waals surface area contributed by atoms with Gasteiger partial charge in [0, 0.05) is 31.1 Å². The van der Waals surface area contributed by atoms with Gasteiger partial charge in [-0.2, -0.15) is 4.31 Å². The van der Waals surface area contributed by atoms with Crippen LogP contribution >= 0.6 is 11.8 Å². The van der Waals surface area contributed by atoms with E-state index < -0.39 is 10.0 Å². The van der Waals surface area contributed by atoms with Crippen molar-refractivity contribution in [3.05, 3.63) is 35.7 Å². The summed E-state index contributed by atoms with van der Waals surface area (Å²) in [4.78, 5) is 17.3. The normalized spacial score (nSPS) is 16.6. The van der Waals surface area contributed by atoms with Crippen molar-refractivity contribution in [3.8, 4) is 0 Å². The van der Waals surface area contributed by atoms with Crippen molar-refractivity contribution in [2.75, 3.05) is 30.8 Å². The summed E-state index contributed by atoms with van der Waals surface area (Å²) < 4.78 is 34.5. The molecule has 0 unspecified atom stereocenters. The molecule has 2 heterocycles. The quantitative estimate of drug-likeness (QED) is 0.524. The molecule has 0 radical (unpaired) electrons. The Hall–Kier alpha value is -1.88. The summed E-state index contributed by atoms with van der Waals surface area (Å²) in [5.41, 5.74) is 2.61. The number of imidazole rings is 1. The van der Waals surface area contributed by atoms with Gasteiger partial charge in [-0.3, -0.25) is 4.79 Å². The smallest absolute Gasteiger partial charge is 0.243 e. The molecular formula is C22H32N4O4S2. The maximum Gasteiger partial charge on any atom is 0.243 e. The van der Waals surface area contributed by atoms with Crippen molar-refractivity contribution >= 4 is 33.4 Å². The average molecular weight is 481 g/mol. The summed E-state index contributed by atoms with van der Waals surface area (Å²) in [7, 11) is -3.51. The number of nitrogens with zero attached hydrogens (tertiary/aromatic N) is 3. The third kappa shape index (κ3) is 5.72. The number of amides is 1. The maximum absolute atomic E-state index is 12.6. The van der Waals surface area contributed by atoms with Crippen LogP contribution in [0.3, 0.4) is 0 Å². The third-order valence-corrected chi connectivity index (χ3v) is 8.69. The second-order valence-electron chi connectivity index (χ2n) is 7.76. The van der Waals surface area contributed by atoms with E-state index in [1.54, 1.807) is 12.1 Å². The number of carbonyl (C=O) groups is 1. The van der Waals surface area contributed by atoms with Gasteiger partial charge in [-0.25, -0.2) is 13.4 Å². The third-order valence-electron chi connectivity index (χ3n) is 5.65. The molecule has 1 aromatic heterocycles. The Kier molecular flexibility index (Phi) is 8.37. The first-order valence-electron chi connectivity index (χ1n) is 10.9. The predicted octanol–water partition coefficient (Wildman–Crippen LogP) is 3.44. The topological polar surface area (TPSA) is 93.5 Å². The Morgan fingerprint density at radius 1 is 1.25 bits per heavy atom. The first-order chi connectivity index (χ1) is 15.3. The summed E-state index contributed by atoms with van der Waals surface area (Å²) in [6, 6.07) is 6.28. The molecule has 1 N–H and O–H groups in total. The van der Waals surface area contributed by atoms with E-state index in [2.05, 4.69) is 14.9 Å². The van der Waals surface area contributed by atoms with Crippen LogP contribution in [0.2, 0.25) is 0 Å². The SMILES string of the molecule is CCN(CC)S(=O)(=O)c1ccc(NC(=O)CSc2nc(C)c(C)n2C[C@@H]2CCCO2)cc1. The molecule has 10 heteroatoms.